The average molecular weight is 182 g/mol. The molecule has 1 aliphatic carbocycles. The first-order valence-electron chi connectivity index (χ1n) is 5.21. The van der Waals surface area contributed by atoms with Crippen LogP contribution in [-0.4, -0.2) is 30.4 Å². The topological polar surface area (TPSA) is 46.3 Å². The molecular formula is C10H18N2O. The third-order valence-corrected chi connectivity index (χ3v) is 3.46. The standard InChI is InChI=1S/C10H18N2O/c11-9(13)3-6-12-7-10(8-12)4-1-2-5-10/h1-8H2,(H2,11,13). The molecule has 2 fully saturated rings. The smallest absolute Gasteiger partial charge is 0.218 e. The van der Waals surface area contributed by atoms with Gasteiger partial charge in [0.25, 0.3) is 0 Å². The number of hydrogen-bond acceptors (Lipinski definition) is 2. The lowest BCUT2D eigenvalue weighted by atomic mass is 9.78. The molecule has 0 radical (unpaired) electrons. The Labute approximate surface area is 79.3 Å². The fourth-order valence-corrected chi connectivity index (χ4v) is 2.77. The van der Waals surface area contributed by atoms with Gasteiger partial charge in [0.1, 0.15) is 0 Å². The summed E-state index contributed by atoms with van der Waals surface area (Å²) in [6, 6.07) is 0. The van der Waals surface area contributed by atoms with E-state index in [1.54, 1.807) is 0 Å². The lowest BCUT2D eigenvalue weighted by Gasteiger charge is -2.48. The van der Waals surface area contributed by atoms with Crippen molar-refractivity contribution < 1.29 is 4.79 Å². The highest BCUT2D eigenvalue weighted by Crippen LogP contribution is 2.45. The number of rotatable bonds is 3. The Morgan fingerprint density at radius 1 is 1.31 bits per heavy atom. The van der Waals surface area contributed by atoms with Gasteiger partial charge in [-0.25, -0.2) is 0 Å². The van der Waals surface area contributed by atoms with Crippen LogP contribution in [0.25, 0.3) is 0 Å². The molecule has 0 aromatic rings. The van der Waals surface area contributed by atoms with Gasteiger partial charge in [0.15, 0.2) is 0 Å². The first kappa shape index (κ1) is 9.00. The number of carbonyl (C=O) groups excluding carboxylic acids is 1. The normalized spacial score (nSPS) is 26.2. The van der Waals surface area contributed by atoms with Gasteiger partial charge in [-0.15, -0.1) is 0 Å². The van der Waals surface area contributed by atoms with Crippen LogP contribution in [0.1, 0.15) is 32.1 Å². The maximum atomic E-state index is 10.6. The van der Waals surface area contributed by atoms with E-state index in [-0.39, 0.29) is 5.91 Å². The maximum absolute atomic E-state index is 10.6. The Morgan fingerprint density at radius 3 is 2.46 bits per heavy atom. The number of nitrogens with zero attached hydrogens (tertiary/aromatic N) is 1. The van der Waals surface area contributed by atoms with Crippen molar-refractivity contribution in [3.63, 3.8) is 0 Å². The summed E-state index contributed by atoms with van der Waals surface area (Å²) in [7, 11) is 0. The molecule has 1 saturated heterocycles. The Morgan fingerprint density at radius 2 is 1.92 bits per heavy atom. The van der Waals surface area contributed by atoms with E-state index < -0.39 is 0 Å². The van der Waals surface area contributed by atoms with E-state index in [1.165, 1.54) is 38.8 Å². The molecule has 1 heterocycles. The molecule has 1 amide bonds. The zero-order valence-corrected chi connectivity index (χ0v) is 8.09. The third kappa shape index (κ3) is 1.85. The molecule has 0 aromatic heterocycles. The van der Waals surface area contributed by atoms with Crippen LogP contribution in [-0.2, 0) is 4.79 Å². The second-order valence-corrected chi connectivity index (χ2v) is 4.63. The van der Waals surface area contributed by atoms with E-state index in [2.05, 4.69) is 4.90 Å². The van der Waals surface area contributed by atoms with Crippen LogP contribution in [0, 0.1) is 5.41 Å². The van der Waals surface area contributed by atoms with Crippen molar-refractivity contribution in [1.29, 1.82) is 0 Å². The van der Waals surface area contributed by atoms with Crippen molar-refractivity contribution in [3.05, 3.63) is 0 Å². The molecule has 2 aliphatic rings. The molecule has 2 rings (SSSR count). The fourth-order valence-electron chi connectivity index (χ4n) is 2.77. The number of hydrogen-bond donors (Lipinski definition) is 1. The van der Waals surface area contributed by atoms with Gasteiger partial charge in [-0.2, -0.15) is 0 Å². The third-order valence-electron chi connectivity index (χ3n) is 3.46. The van der Waals surface area contributed by atoms with Crippen molar-refractivity contribution in [1.82, 2.24) is 4.90 Å². The number of primary amides is 1. The second-order valence-electron chi connectivity index (χ2n) is 4.63. The van der Waals surface area contributed by atoms with Gasteiger partial charge >= 0.3 is 0 Å². The van der Waals surface area contributed by atoms with Gasteiger partial charge in [-0.1, -0.05) is 12.8 Å². The molecule has 3 heteroatoms. The van der Waals surface area contributed by atoms with Crippen LogP contribution in [0.2, 0.25) is 0 Å². The summed E-state index contributed by atoms with van der Waals surface area (Å²) < 4.78 is 0. The Balaban J connectivity index is 1.69. The predicted octanol–water partition coefficient (Wildman–Crippen LogP) is 0.738. The van der Waals surface area contributed by atoms with E-state index in [9.17, 15) is 4.79 Å². The van der Waals surface area contributed by atoms with Crippen LogP contribution in [0.15, 0.2) is 0 Å². The molecule has 0 unspecified atom stereocenters. The van der Waals surface area contributed by atoms with Crippen molar-refractivity contribution in [3.8, 4) is 0 Å². The van der Waals surface area contributed by atoms with Crippen molar-refractivity contribution in [2.45, 2.75) is 32.1 Å². The first-order chi connectivity index (χ1) is 6.20. The van der Waals surface area contributed by atoms with Crippen LogP contribution in [0.3, 0.4) is 0 Å². The van der Waals surface area contributed by atoms with Crippen molar-refractivity contribution in [2.75, 3.05) is 19.6 Å². The van der Waals surface area contributed by atoms with Crippen LogP contribution >= 0.6 is 0 Å². The van der Waals surface area contributed by atoms with Crippen LogP contribution in [0.5, 0.6) is 0 Å². The minimum atomic E-state index is -0.174. The Bertz CT molecular complexity index is 201. The van der Waals surface area contributed by atoms with Gasteiger partial charge in [0.2, 0.25) is 5.91 Å². The molecule has 2 N–H and O–H groups in total. The summed E-state index contributed by atoms with van der Waals surface area (Å²) in [6.07, 6.45) is 6.14. The fraction of sp³-hybridized carbons (Fsp3) is 0.900. The van der Waals surface area contributed by atoms with Crippen LogP contribution < -0.4 is 5.73 Å². The minimum absolute atomic E-state index is 0.174. The number of likely N-dealkylation sites (tertiary alicyclic amines) is 1. The van der Waals surface area contributed by atoms with Crippen molar-refractivity contribution >= 4 is 5.91 Å². The number of nitrogens with two attached hydrogens (primary N) is 1. The molecule has 13 heavy (non-hydrogen) atoms. The second kappa shape index (κ2) is 3.29. The van der Waals surface area contributed by atoms with Gasteiger partial charge in [-0.3, -0.25) is 4.79 Å². The van der Waals surface area contributed by atoms with Gasteiger partial charge in [0.05, 0.1) is 0 Å². The number of carbonyl (C=O) groups is 1. The monoisotopic (exact) mass is 182 g/mol. The summed E-state index contributed by atoms with van der Waals surface area (Å²) in [5, 5.41) is 0. The lowest BCUT2D eigenvalue weighted by molar-refractivity contribution is -0.119. The molecule has 74 valence electrons. The quantitative estimate of drug-likeness (QED) is 0.699. The molecule has 0 atom stereocenters. The predicted molar refractivity (Wildman–Crippen MR) is 51.2 cm³/mol. The molecule has 0 bridgehead atoms. The van der Waals surface area contributed by atoms with Gasteiger partial charge in [0, 0.05) is 26.1 Å². The van der Waals surface area contributed by atoms with E-state index in [4.69, 9.17) is 5.73 Å². The first-order valence-corrected chi connectivity index (χ1v) is 5.21. The van der Waals surface area contributed by atoms with Gasteiger partial charge < -0.3 is 10.6 Å². The zero-order valence-electron chi connectivity index (χ0n) is 8.09. The molecule has 3 nitrogen and oxygen atoms in total. The minimum Gasteiger partial charge on any atom is -0.370 e. The Kier molecular flexibility index (Phi) is 2.28. The van der Waals surface area contributed by atoms with E-state index >= 15 is 0 Å². The summed E-state index contributed by atoms with van der Waals surface area (Å²) in [4.78, 5) is 12.9. The van der Waals surface area contributed by atoms with E-state index in [0.29, 0.717) is 11.8 Å². The van der Waals surface area contributed by atoms with E-state index in [0.717, 1.165) is 6.54 Å². The molecule has 1 spiro atoms. The zero-order chi connectivity index (χ0) is 9.31. The highest BCUT2D eigenvalue weighted by atomic mass is 16.1. The maximum Gasteiger partial charge on any atom is 0.218 e. The summed E-state index contributed by atoms with van der Waals surface area (Å²) in [6.45, 7) is 3.29. The highest BCUT2D eigenvalue weighted by Gasteiger charge is 2.43. The number of amides is 1. The summed E-state index contributed by atoms with van der Waals surface area (Å²) in [5.74, 6) is -0.174. The van der Waals surface area contributed by atoms with Crippen molar-refractivity contribution in [2.24, 2.45) is 11.1 Å². The average Bonchev–Trinajstić information content (AvgIpc) is 2.46. The van der Waals surface area contributed by atoms with E-state index in [1.807, 2.05) is 0 Å². The Hall–Kier alpha value is -0.570. The SMILES string of the molecule is NC(=O)CCN1CC2(CCCC2)C1. The van der Waals surface area contributed by atoms with Gasteiger partial charge in [-0.05, 0) is 18.3 Å². The molecular weight excluding hydrogens is 164 g/mol. The van der Waals surface area contributed by atoms with Crippen LogP contribution in [0.4, 0.5) is 0 Å². The highest BCUT2D eigenvalue weighted by molar-refractivity contribution is 5.73. The molecule has 0 aromatic carbocycles. The molecule has 1 aliphatic heterocycles. The summed E-state index contributed by atoms with van der Waals surface area (Å²) >= 11 is 0. The molecule has 1 saturated carbocycles. The lowest BCUT2D eigenvalue weighted by Crippen LogP contribution is -2.55. The largest absolute Gasteiger partial charge is 0.370 e. The summed E-state index contributed by atoms with van der Waals surface area (Å²) in [5.41, 5.74) is 5.75.